The summed E-state index contributed by atoms with van der Waals surface area (Å²) in [5.74, 6) is 0. The molecule has 1 unspecified atom stereocenters. The standard InChI is InChI=1S/C10H15NO/c1-8(12)10-5-3-9(4-6-10)7-11-2/h3-6,8,11-12H,7H2,1-2H3. The van der Waals surface area contributed by atoms with Gasteiger partial charge < -0.3 is 10.4 Å². The first kappa shape index (κ1) is 9.23. The fourth-order valence-electron chi connectivity index (χ4n) is 1.12. The molecule has 0 spiro atoms. The number of hydrogen-bond donors (Lipinski definition) is 2. The van der Waals surface area contributed by atoms with E-state index in [0.29, 0.717) is 0 Å². The molecule has 1 rings (SSSR count). The molecule has 1 aromatic carbocycles. The Hall–Kier alpha value is -0.860. The molecule has 66 valence electrons. The van der Waals surface area contributed by atoms with E-state index in [4.69, 9.17) is 0 Å². The molecule has 0 fully saturated rings. The Labute approximate surface area is 73.2 Å². The zero-order chi connectivity index (χ0) is 8.97. The minimum Gasteiger partial charge on any atom is -0.389 e. The summed E-state index contributed by atoms with van der Waals surface area (Å²) >= 11 is 0. The Balaban J connectivity index is 2.71. The van der Waals surface area contributed by atoms with Gasteiger partial charge in [0.2, 0.25) is 0 Å². The maximum absolute atomic E-state index is 9.23. The summed E-state index contributed by atoms with van der Waals surface area (Å²) in [5.41, 5.74) is 2.21. The number of benzene rings is 1. The van der Waals surface area contributed by atoms with E-state index in [1.54, 1.807) is 6.92 Å². The summed E-state index contributed by atoms with van der Waals surface area (Å²) in [6.07, 6.45) is -0.367. The summed E-state index contributed by atoms with van der Waals surface area (Å²) in [6.45, 7) is 2.65. The van der Waals surface area contributed by atoms with Gasteiger partial charge in [-0.3, -0.25) is 0 Å². The molecule has 12 heavy (non-hydrogen) atoms. The van der Waals surface area contributed by atoms with Crippen LogP contribution >= 0.6 is 0 Å². The smallest absolute Gasteiger partial charge is 0.0761 e. The van der Waals surface area contributed by atoms with Gasteiger partial charge in [0.05, 0.1) is 6.10 Å². The molecule has 2 nitrogen and oxygen atoms in total. The van der Waals surface area contributed by atoms with Gasteiger partial charge in [-0.1, -0.05) is 24.3 Å². The first-order chi connectivity index (χ1) is 5.74. The minimum atomic E-state index is -0.367. The van der Waals surface area contributed by atoms with E-state index >= 15 is 0 Å². The van der Waals surface area contributed by atoms with Crippen molar-refractivity contribution in [2.45, 2.75) is 19.6 Å². The summed E-state index contributed by atoms with van der Waals surface area (Å²) in [6, 6.07) is 7.96. The molecule has 0 saturated carbocycles. The fourth-order valence-corrected chi connectivity index (χ4v) is 1.12. The third kappa shape index (κ3) is 2.32. The number of aliphatic hydroxyl groups excluding tert-OH is 1. The average Bonchev–Trinajstić information content (AvgIpc) is 2.06. The number of aliphatic hydroxyl groups is 1. The predicted octanol–water partition coefficient (Wildman–Crippen LogP) is 1.46. The fraction of sp³-hybridized carbons (Fsp3) is 0.400. The van der Waals surface area contributed by atoms with Crippen LogP contribution in [0.15, 0.2) is 24.3 Å². The highest BCUT2D eigenvalue weighted by Crippen LogP contribution is 2.12. The second-order valence-electron chi connectivity index (χ2n) is 2.95. The lowest BCUT2D eigenvalue weighted by Gasteiger charge is -2.05. The Morgan fingerprint density at radius 1 is 1.33 bits per heavy atom. The summed E-state index contributed by atoms with van der Waals surface area (Å²) in [7, 11) is 1.92. The molecule has 1 atom stereocenters. The molecule has 1 aromatic rings. The van der Waals surface area contributed by atoms with Crippen molar-refractivity contribution in [1.82, 2.24) is 5.32 Å². The summed E-state index contributed by atoms with van der Waals surface area (Å²) < 4.78 is 0. The molecule has 0 heterocycles. The Kier molecular flexibility index (Phi) is 3.26. The molecule has 0 aromatic heterocycles. The quantitative estimate of drug-likeness (QED) is 0.710. The molecule has 0 aliphatic rings. The maximum Gasteiger partial charge on any atom is 0.0761 e. The molecular formula is C10H15NO. The Morgan fingerprint density at radius 3 is 2.33 bits per heavy atom. The second-order valence-corrected chi connectivity index (χ2v) is 2.95. The van der Waals surface area contributed by atoms with Gasteiger partial charge in [-0.25, -0.2) is 0 Å². The first-order valence-electron chi connectivity index (χ1n) is 4.15. The van der Waals surface area contributed by atoms with Crippen molar-refractivity contribution >= 4 is 0 Å². The highest BCUT2D eigenvalue weighted by atomic mass is 16.3. The van der Waals surface area contributed by atoms with Crippen LogP contribution in [0.3, 0.4) is 0 Å². The van der Waals surface area contributed by atoms with E-state index in [1.165, 1.54) is 5.56 Å². The first-order valence-corrected chi connectivity index (χ1v) is 4.15. The van der Waals surface area contributed by atoms with Crippen molar-refractivity contribution in [3.8, 4) is 0 Å². The van der Waals surface area contributed by atoms with Gasteiger partial charge in [-0.15, -0.1) is 0 Å². The Morgan fingerprint density at radius 2 is 1.92 bits per heavy atom. The van der Waals surface area contributed by atoms with Crippen LogP contribution in [0.1, 0.15) is 24.2 Å². The van der Waals surface area contributed by atoms with Gasteiger partial charge in [0, 0.05) is 6.54 Å². The average molecular weight is 165 g/mol. The van der Waals surface area contributed by atoms with Crippen molar-refractivity contribution in [2.75, 3.05) is 7.05 Å². The van der Waals surface area contributed by atoms with Crippen LogP contribution in [0.5, 0.6) is 0 Å². The van der Waals surface area contributed by atoms with Gasteiger partial charge in [0.1, 0.15) is 0 Å². The zero-order valence-electron chi connectivity index (χ0n) is 7.54. The monoisotopic (exact) mass is 165 g/mol. The van der Waals surface area contributed by atoms with Crippen LogP contribution < -0.4 is 5.32 Å². The van der Waals surface area contributed by atoms with E-state index < -0.39 is 0 Å². The van der Waals surface area contributed by atoms with Crippen molar-refractivity contribution in [3.63, 3.8) is 0 Å². The molecule has 0 aliphatic heterocycles. The molecule has 2 N–H and O–H groups in total. The van der Waals surface area contributed by atoms with Crippen LogP contribution in [0, 0.1) is 0 Å². The molecule has 2 heteroatoms. The summed E-state index contributed by atoms with van der Waals surface area (Å²) in [5, 5.41) is 12.3. The minimum absolute atomic E-state index is 0.367. The lowest BCUT2D eigenvalue weighted by Crippen LogP contribution is -2.04. The summed E-state index contributed by atoms with van der Waals surface area (Å²) in [4.78, 5) is 0. The van der Waals surface area contributed by atoms with E-state index in [9.17, 15) is 5.11 Å². The molecule has 0 amide bonds. The van der Waals surface area contributed by atoms with Crippen molar-refractivity contribution in [2.24, 2.45) is 0 Å². The molecule has 0 bridgehead atoms. The van der Waals surface area contributed by atoms with Gasteiger partial charge in [-0.05, 0) is 25.1 Å². The maximum atomic E-state index is 9.23. The van der Waals surface area contributed by atoms with E-state index in [2.05, 4.69) is 5.32 Å². The van der Waals surface area contributed by atoms with Crippen LogP contribution in [0.2, 0.25) is 0 Å². The van der Waals surface area contributed by atoms with Crippen molar-refractivity contribution < 1.29 is 5.11 Å². The van der Waals surface area contributed by atoms with Crippen LogP contribution in [-0.4, -0.2) is 12.2 Å². The topological polar surface area (TPSA) is 32.3 Å². The molecule has 0 radical (unpaired) electrons. The lowest BCUT2D eigenvalue weighted by molar-refractivity contribution is 0.199. The largest absolute Gasteiger partial charge is 0.389 e. The third-order valence-corrected chi connectivity index (χ3v) is 1.84. The molecule has 0 aliphatic carbocycles. The predicted molar refractivity (Wildman–Crippen MR) is 49.8 cm³/mol. The number of hydrogen-bond acceptors (Lipinski definition) is 2. The van der Waals surface area contributed by atoms with Crippen LogP contribution in [-0.2, 0) is 6.54 Å². The van der Waals surface area contributed by atoms with Crippen LogP contribution in [0.4, 0.5) is 0 Å². The normalized spacial score (nSPS) is 12.9. The number of nitrogens with one attached hydrogen (secondary N) is 1. The SMILES string of the molecule is CNCc1ccc(C(C)O)cc1. The highest BCUT2D eigenvalue weighted by molar-refractivity contribution is 5.23. The molecular weight excluding hydrogens is 150 g/mol. The highest BCUT2D eigenvalue weighted by Gasteiger charge is 1.98. The van der Waals surface area contributed by atoms with Crippen LogP contribution in [0.25, 0.3) is 0 Å². The van der Waals surface area contributed by atoms with Gasteiger partial charge in [0.15, 0.2) is 0 Å². The van der Waals surface area contributed by atoms with E-state index in [1.807, 2.05) is 31.3 Å². The van der Waals surface area contributed by atoms with Gasteiger partial charge in [-0.2, -0.15) is 0 Å². The second kappa shape index (κ2) is 4.24. The number of rotatable bonds is 3. The van der Waals surface area contributed by atoms with Crippen molar-refractivity contribution in [3.05, 3.63) is 35.4 Å². The van der Waals surface area contributed by atoms with Gasteiger partial charge in [0.25, 0.3) is 0 Å². The Bertz CT molecular complexity index is 228. The molecule has 0 saturated heterocycles. The lowest BCUT2D eigenvalue weighted by atomic mass is 10.1. The van der Waals surface area contributed by atoms with E-state index in [-0.39, 0.29) is 6.10 Å². The third-order valence-electron chi connectivity index (χ3n) is 1.84. The van der Waals surface area contributed by atoms with E-state index in [0.717, 1.165) is 12.1 Å². The zero-order valence-corrected chi connectivity index (χ0v) is 7.54. The van der Waals surface area contributed by atoms with Gasteiger partial charge >= 0.3 is 0 Å². The van der Waals surface area contributed by atoms with Crippen molar-refractivity contribution in [1.29, 1.82) is 0 Å².